The van der Waals surface area contributed by atoms with Gasteiger partial charge in [0.25, 0.3) is 0 Å². The van der Waals surface area contributed by atoms with Crippen LogP contribution < -0.4 is 14.8 Å². The first-order valence-electron chi connectivity index (χ1n) is 11.8. The van der Waals surface area contributed by atoms with Crippen LogP contribution in [0.5, 0.6) is 11.5 Å². The highest BCUT2D eigenvalue weighted by Gasteiger charge is 2.19. The van der Waals surface area contributed by atoms with E-state index in [-0.39, 0.29) is 6.61 Å². The average molecular weight is 420 g/mol. The molecule has 0 aromatic heterocycles. The molecular weight excluding hydrogens is 378 g/mol. The Kier molecular flexibility index (Phi) is 9.72. The van der Waals surface area contributed by atoms with Crippen LogP contribution in [0.4, 0.5) is 0 Å². The first-order chi connectivity index (χ1) is 14.7. The summed E-state index contributed by atoms with van der Waals surface area (Å²) in [7, 11) is 1.67. The maximum absolute atomic E-state index is 10.4. The molecule has 2 aliphatic rings. The maximum Gasteiger partial charge on any atom is 0.161 e. The fraction of sp³-hybridized carbons (Fsp3) is 0.750. The SMILES string of the molecule is CCN1CCN(CC(O)COc2ccc(CNCC3CCCCC3)cc2OC)CC1. The van der Waals surface area contributed by atoms with Gasteiger partial charge in [-0.15, -0.1) is 0 Å². The third kappa shape index (κ3) is 7.41. The average Bonchev–Trinajstić information content (AvgIpc) is 2.79. The van der Waals surface area contributed by atoms with E-state index in [1.165, 1.54) is 37.7 Å². The molecule has 1 saturated heterocycles. The Balaban J connectivity index is 1.40. The number of nitrogens with one attached hydrogen (secondary N) is 1. The van der Waals surface area contributed by atoms with Gasteiger partial charge in [0, 0.05) is 39.3 Å². The highest BCUT2D eigenvalue weighted by Crippen LogP contribution is 2.28. The molecule has 1 aromatic carbocycles. The summed E-state index contributed by atoms with van der Waals surface area (Å²) in [6.45, 7) is 10.4. The van der Waals surface area contributed by atoms with Gasteiger partial charge in [-0.1, -0.05) is 32.3 Å². The van der Waals surface area contributed by atoms with Gasteiger partial charge in [-0.25, -0.2) is 0 Å². The smallest absolute Gasteiger partial charge is 0.161 e. The predicted octanol–water partition coefficient (Wildman–Crippen LogP) is 2.74. The Morgan fingerprint density at radius 2 is 1.80 bits per heavy atom. The van der Waals surface area contributed by atoms with Gasteiger partial charge in [-0.3, -0.25) is 4.90 Å². The molecule has 3 rings (SSSR count). The molecule has 1 saturated carbocycles. The number of likely N-dealkylation sites (N-methyl/N-ethyl adjacent to an activating group) is 1. The lowest BCUT2D eigenvalue weighted by molar-refractivity contribution is 0.0464. The van der Waals surface area contributed by atoms with Crippen LogP contribution in [0.15, 0.2) is 18.2 Å². The van der Waals surface area contributed by atoms with E-state index in [0.717, 1.165) is 57.5 Å². The van der Waals surface area contributed by atoms with Gasteiger partial charge < -0.3 is 24.8 Å². The second-order valence-corrected chi connectivity index (χ2v) is 8.82. The van der Waals surface area contributed by atoms with Gasteiger partial charge in [0.05, 0.1) is 7.11 Å². The summed E-state index contributed by atoms with van der Waals surface area (Å²) in [6.07, 6.45) is 6.39. The van der Waals surface area contributed by atoms with Crippen LogP contribution in [-0.2, 0) is 6.54 Å². The Morgan fingerprint density at radius 1 is 1.07 bits per heavy atom. The molecular formula is C24H41N3O3. The van der Waals surface area contributed by atoms with Crippen molar-refractivity contribution < 1.29 is 14.6 Å². The Labute approximate surface area is 182 Å². The molecule has 170 valence electrons. The number of β-amino-alcohol motifs (C(OH)–C–C–N with tert-alkyl or cyclic N) is 1. The Hall–Kier alpha value is -1.34. The summed E-state index contributed by atoms with van der Waals surface area (Å²) in [6, 6.07) is 6.09. The first kappa shape index (κ1) is 23.3. The minimum absolute atomic E-state index is 0.281. The van der Waals surface area contributed by atoms with Crippen LogP contribution in [0.3, 0.4) is 0 Å². The number of hydrogen-bond acceptors (Lipinski definition) is 6. The molecule has 1 aromatic rings. The van der Waals surface area contributed by atoms with Crippen molar-refractivity contribution in [3.05, 3.63) is 23.8 Å². The summed E-state index contributed by atoms with van der Waals surface area (Å²) < 4.78 is 11.4. The molecule has 1 unspecified atom stereocenters. The first-order valence-corrected chi connectivity index (χ1v) is 11.8. The Bertz CT molecular complexity index is 614. The third-order valence-electron chi connectivity index (χ3n) is 6.53. The normalized spacial score (nSPS) is 20.2. The lowest BCUT2D eigenvalue weighted by Gasteiger charge is -2.34. The highest BCUT2D eigenvalue weighted by atomic mass is 16.5. The molecule has 1 heterocycles. The zero-order valence-corrected chi connectivity index (χ0v) is 18.9. The molecule has 1 aliphatic carbocycles. The molecule has 6 heteroatoms. The number of hydrogen-bond donors (Lipinski definition) is 2. The van der Waals surface area contributed by atoms with Crippen LogP contribution in [0, 0.1) is 5.92 Å². The second-order valence-electron chi connectivity index (χ2n) is 8.82. The van der Waals surface area contributed by atoms with Gasteiger partial charge in [-0.05, 0) is 49.5 Å². The van der Waals surface area contributed by atoms with E-state index in [1.54, 1.807) is 7.11 Å². The van der Waals surface area contributed by atoms with Crippen molar-refractivity contribution in [2.24, 2.45) is 5.92 Å². The summed E-state index contributed by atoms with van der Waals surface area (Å²) in [5.41, 5.74) is 1.20. The molecule has 1 aliphatic heterocycles. The summed E-state index contributed by atoms with van der Waals surface area (Å²) in [4.78, 5) is 4.76. The van der Waals surface area contributed by atoms with E-state index < -0.39 is 6.10 Å². The van der Waals surface area contributed by atoms with E-state index in [0.29, 0.717) is 12.3 Å². The number of aliphatic hydroxyl groups excluding tert-OH is 1. The molecule has 2 N–H and O–H groups in total. The highest BCUT2D eigenvalue weighted by molar-refractivity contribution is 5.43. The number of rotatable bonds is 11. The number of ether oxygens (including phenoxy) is 2. The van der Waals surface area contributed by atoms with Crippen LogP contribution >= 0.6 is 0 Å². The molecule has 6 nitrogen and oxygen atoms in total. The van der Waals surface area contributed by atoms with E-state index >= 15 is 0 Å². The van der Waals surface area contributed by atoms with Gasteiger partial charge in [0.15, 0.2) is 11.5 Å². The van der Waals surface area contributed by atoms with Crippen molar-refractivity contribution >= 4 is 0 Å². The number of methoxy groups -OCH3 is 1. The molecule has 0 radical (unpaired) electrons. The largest absolute Gasteiger partial charge is 0.493 e. The predicted molar refractivity (Wildman–Crippen MR) is 121 cm³/mol. The van der Waals surface area contributed by atoms with Crippen LogP contribution in [0.1, 0.15) is 44.6 Å². The van der Waals surface area contributed by atoms with Crippen molar-refractivity contribution in [3.8, 4) is 11.5 Å². The van der Waals surface area contributed by atoms with Crippen molar-refractivity contribution in [2.45, 2.75) is 51.7 Å². The second kappa shape index (κ2) is 12.5. The van der Waals surface area contributed by atoms with E-state index in [1.807, 2.05) is 12.1 Å². The minimum Gasteiger partial charge on any atom is -0.493 e. The third-order valence-corrected chi connectivity index (χ3v) is 6.53. The monoisotopic (exact) mass is 419 g/mol. The molecule has 0 amide bonds. The van der Waals surface area contributed by atoms with E-state index in [9.17, 15) is 5.11 Å². The molecule has 1 atom stereocenters. The standard InChI is InChI=1S/C24H41N3O3/c1-3-26-11-13-27(14-12-26)18-22(28)19-30-23-10-9-21(15-24(23)29-2)17-25-16-20-7-5-4-6-8-20/h9-10,15,20,22,25,28H,3-8,11-14,16-19H2,1-2H3. The van der Waals surface area contributed by atoms with Crippen LogP contribution in [0.2, 0.25) is 0 Å². The number of aliphatic hydroxyl groups is 1. The number of nitrogens with zero attached hydrogens (tertiary/aromatic N) is 2. The van der Waals surface area contributed by atoms with Crippen molar-refractivity contribution in [1.29, 1.82) is 0 Å². The van der Waals surface area contributed by atoms with Gasteiger partial charge in [0.2, 0.25) is 0 Å². The fourth-order valence-electron chi connectivity index (χ4n) is 4.58. The van der Waals surface area contributed by atoms with Crippen molar-refractivity contribution in [3.63, 3.8) is 0 Å². The lowest BCUT2D eigenvalue weighted by atomic mass is 9.89. The Morgan fingerprint density at radius 3 is 2.50 bits per heavy atom. The zero-order chi connectivity index (χ0) is 21.2. The van der Waals surface area contributed by atoms with E-state index in [4.69, 9.17) is 9.47 Å². The van der Waals surface area contributed by atoms with Crippen LogP contribution in [-0.4, -0.2) is 80.5 Å². The molecule has 0 spiro atoms. The quantitative estimate of drug-likeness (QED) is 0.575. The number of piperazine rings is 1. The lowest BCUT2D eigenvalue weighted by Crippen LogP contribution is -2.49. The maximum atomic E-state index is 10.4. The van der Waals surface area contributed by atoms with E-state index in [2.05, 4.69) is 28.1 Å². The van der Waals surface area contributed by atoms with Crippen LogP contribution in [0.25, 0.3) is 0 Å². The molecule has 30 heavy (non-hydrogen) atoms. The zero-order valence-electron chi connectivity index (χ0n) is 18.9. The van der Waals surface area contributed by atoms with Crippen molar-refractivity contribution in [1.82, 2.24) is 15.1 Å². The molecule has 2 fully saturated rings. The summed E-state index contributed by atoms with van der Waals surface area (Å²) >= 11 is 0. The topological polar surface area (TPSA) is 57.2 Å². The fourth-order valence-corrected chi connectivity index (χ4v) is 4.58. The summed E-state index contributed by atoms with van der Waals surface area (Å²) in [5.74, 6) is 2.26. The van der Waals surface area contributed by atoms with Gasteiger partial charge >= 0.3 is 0 Å². The van der Waals surface area contributed by atoms with Gasteiger partial charge in [-0.2, -0.15) is 0 Å². The van der Waals surface area contributed by atoms with Crippen molar-refractivity contribution in [2.75, 3.05) is 59.5 Å². The minimum atomic E-state index is -0.500. The van der Waals surface area contributed by atoms with Gasteiger partial charge in [0.1, 0.15) is 12.7 Å². The number of benzene rings is 1. The summed E-state index contributed by atoms with van der Waals surface area (Å²) in [5, 5.41) is 14.0. The molecule has 0 bridgehead atoms.